The summed E-state index contributed by atoms with van der Waals surface area (Å²) in [5.74, 6) is 1.60. The van der Waals surface area contributed by atoms with Gasteiger partial charge in [-0.25, -0.2) is 0 Å². The highest BCUT2D eigenvalue weighted by molar-refractivity contribution is 7.99. The van der Waals surface area contributed by atoms with Crippen molar-refractivity contribution in [3.63, 3.8) is 0 Å². The van der Waals surface area contributed by atoms with Gasteiger partial charge in [-0.2, -0.15) is 0 Å². The fourth-order valence-corrected chi connectivity index (χ4v) is 2.27. The topological polar surface area (TPSA) is 107 Å². The van der Waals surface area contributed by atoms with Gasteiger partial charge < -0.3 is 18.7 Å². The Hall–Kier alpha value is -2.55. The maximum Gasteiger partial charge on any atom is 0.277 e. The Kier molecular flexibility index (Phi) is 4.24. The molecular formula is C13H12N4O4S. The van der Waals surface area contributed by atoms with Crippen LogP contribution in [-0.2, 0) is 11.3 Å². The summed E-state index contributed by atoms with van der Waals surface area (Å²) in [4.78, 5) is 11.7. The van der Waals surface area contributed by atoms with Crippen LogP contribution in [0.4, 0.5) is 0 Å². The SMILES string of the molecule is Cc1nnc(SCC(=O)NCc2cc(-c3ccco3)on2)o1. The van der Waals surface area contributed by atoms with Crippen molar-refractivity contribution in [2.24, 2.45) is 0 Å². The van der Waals surface area contributed by atoms with Crippen LogP contribution in [0, 0.1) is 6.92 Å². The van der Waals surface area contributed by atoms with Crippen molar-refractivity contribution < 1.29 is 18.2 Å². The first-order valence-electron chi connectivity index (χ1n) is 6.40. The molecule has 1 amide bonds. The molecule has 3 heterocycles. The molecule has 3 rings (SSSR count). The Morgan fingerprint density at radius 2 is 2.27 bits per heavy atom. The summed E-state index contributed by atoms with van der Waals surface area (Å²) in [6.45, 7) is 1.96. The van der Waals surface area contributed by atoms with E-state index in [0.717, 1.165) is 0 Å². The third-order valence-electron chi connectivity index (χ3n) is 2.62. The molecule has 9 heteroatoms. The minimum absolute atomic E-state index is 0.164. The quantitative estimate of drug-likeness (QED) is 0.687. The maximum atomic E-state index is 11.7. The number of amides is 1. The van der Waals surface area contributed by atoms with Gasteiger partial charge in [-0.3, -0.25) is 4.79 Å². The molecule has 0 aliphatic rings. The first-order valence-corrected chi connectivity index (χ1v) is 7.38. The lowest BCUT2D eigenvalue weighted by Crippen LogP contribution is -2.24. The number of carbonyl (C=O) groups excluding carboxylic acids is 1. The van der Waals surface area contributed by atoms with Crippen molar-refractivity contribution in [2.75, 3.05) is 5.75 Å². The lowest BCUT2D eigenvalue weighted by Gasteiger charge is -2.00. The second-order valence-electron chi connectivity index (χ2n) is 4.31. The van der Waals surface area contributed by atoms with E-state index in [4.69, 9.17) is 13.4 Å². The summed E-state index contributed by atoms with van der Waals surface area (Å²) < 4.78 is 15.5. The monoisotopic (exact) mass is 320 g/mol. The van der Waals surface area contributed by atoms with E-state index in [-0.39, 0.29) is 18.2 Å². The van der Waals surface area contributed by atoms with Gasteiger partial charge in [0.05, 0.1) is 18.6 Å². The predicted octanol–water partition coefficient (Wildman–Crippen LogP) is 2.03. The number of hydrogen-bond acceptors (Lipinski definition) is 8. The van der Waals surface area contributed by atoms with Crippen LogP contribution in [0.25, 0.3) is 11.5 Å². The number of rotatable bonds is 6. The van der Waals surface area contributed by atoms with Gasteiger partial charge in [0, 0.05) is 13.0 Å². The van der Waals surface area contributed by atoms with Crippen molar-refractivity contribution in [1.82, 2.24) is 20.7 Å². The number of carbonyl (C=O) groups is 1. The molecule has 0 saturated carbocycles. The van der Waals surface area contributed by atoms with Crippen LogP contribution in [0.1, 0.15) is 11.6 Å². The Morgan fingerprint density at radius 1 is 1.36 bits per heavy atom. The van der Waals surface area contributed by atoms with Gasteiger partial charge in [0.15, 0.2) is 5.76 Å². The van der Waals surface area contributed by atoms with Gasteiger partial charge in [-0.15, -0.1) is 10.2 Å². The zero-order chi connectivity index (χ0) is 15.4. The fraction of sp³-hybridized carbons (Fsp3) is 0.231. The van der Waals surface area contributed by atoms with Crippen molar-refractivity contribution in [1.29, 1.82) is 0 Å². The summed E-state index contributed by atoms with van der Waals surface area (Å²) in [5, 5.41) is 14.5. The fourth-order valence-electron chi connectivity index (χ4n) is 1.63. The van der Waals surface area contributed by atoms with Gasteiger partial charge in [-0.1, -0.05) is 16.9 Å². The summed E-state index contributed by atoms with van der Waals surface area (Å²) in [5.41, 5.74) is 0.610. The highest BCUT2D eigenvalue weighted by atomic mass is 32.2. The molecule has 0 unspecified atom stereocenters. The average Bonchev–Trinajstić information content (AvgIpc) is 3.23. The number of aromatic nitrogens is 3. The third kappa shape index (κ3) is 3.55. The van der Waals surface area contributed by atoms with E-state index in [2.05, 4.69) is 20.7 Å². The molecule has 0 atom stereocenters. The molecule has 8 nitrogen and oxygen atoms in total. The molecule has 1 N–H and O–H groups in total. The second kappa shape index (κ2) is 6.48. The second-order valence-corrected chi connectivity index (χ2v) is 5.24. The molecular weight excluding hydrogens is 308 g/mol. The van der Waals surface area contributed by atoms with E-state index in [1.165, 1.54) is 11.8 Å². The first kappa shape index (κ1) is 14.4. The van der Waals surface area contributed by atoms with Gasteiger partial charge in [0.2, 0.25) is 17.6 Å². The van der Waals surface area contributed by atoms with Crippen LogP contribution in [0.15, 0.2) is 43.0 Å². The van der Waals surface area contributed by atoms with Crippen LogP contribution in [0.5, 0.6) is 0 Å². The molecule has 0 aromatic carbocycles. The molecule has 3 aromatic rings. The van der Waals surface area contributed by atoms with Crippen molar-refractivity contribution >= 4 is 17.7 Å². The number of nitrogens with zero attached hydrogens (tertiary/aromatic N) is 3. The molecule has 114 valence electrons. The van der Waals surface area contributed by atoms with Crippen LogP contribution in [0.3, 0.4) is 0 Å². The van der Waals surface area contributed by atoms with E-state index in [0.29, 0.717) is 28.3 Å². The first-order chi connectivity index (χ1) is 10.7. The largest absolute Gasteiger partial charge is 0.461 e. The molecule has 0 saturated heterocycles. The lowest BCUT2D eigenvalue weighted by atomic mass is 10.3. The number of aryl methyl sites for hydroxylation is 1. The summed E-state index contributed by atoms with van der Waals surface area (Å²) in [6.07, 6.45) is 1.55. The number of furan rings is 1. The molecule has 0 aliphatic carbocycles. The van der Waals surface area contributed by atoms with Crippen LogP contribution < -0.4 is 5.32 Å². The average molecular weight is 320 g/mol. The highest BCUT2D eigenvalue weighted by Crippen LogP contribution is 2.20. The maximum absolute atomic E-state index is 11.7. The normalized spacial score (nSPS) is 10.8. The molecule has 0 bridgehead atoms. The molecule has 3 aromatic heterocycles. The zero-order valence-corrected chi connectivity index (χ0v) is 12.4. The van der Waals surface area contributed by atoms with E-state index >= 15 is 0 Å². The van der Waals surface area contributed by atoms with Crippen LogP contribution >= 0.6 is 11.8 Å². The minimum atomic E-state index is -0.164. The van der Waals surface area contributed by atoms with Crippen molar-refractivity contribution in [3.05, 3.63) is 36.0 Å². The van der Waals surface area contributed by atoms with Crippen molar-refractivity contribution in [2.45, 2.75) is 18.7 Å². The number of hydrogen-bond donors (Lipinski definition) is 1. The van der Waals surface area contributed by atoms with Gasteiger partial charge in [0.1, 0.15) is 5.69 Å². The van der Waals surface area contributed by atoms with Gasteiger partial charge in [-0.05, 0) is 12.1 Å². The van der Waals surface area contributed by atoms with Crippen LogP contribution in [0.2, 0.25) is 0 Å². The summed E-state index contributed by atoms with van der Waals surface area (Å²) >= 11 is 1.18. The Morgan fingerprint density at radius 3 is 3.00 bits per heavy atom. The molecule has 0 spiro atoms. The van der Waals surface area contributed by atoms with E-state index in [9.17, 15) is 4.79 Å². The molecule has 0 radical (unpaired) electrons. The van der Waals surface area contributed by atoms with E-state index in [1.807, 2.05) is 0 Å². The highest BCUT2D eigenvalue weighted by Gasteiger charge is 2.11. The van der Waals surface area contributed by atoms with Gasteiger partial charge in [0.25, 0.3) is 5.22 Å². The van der Waals surface area contributed by atoms with E-state index in [1.54, 1.807) is 31.4 Å². The molecule has 0 aliphatic heterocycles. The summed E-state index contributed by atoms with van der Waals surface area (Å²) in [6, 6.07) is 5.25. The van der Waals surface area contributed by atoms with Gasteiger partial charge >= 0.3 is 0 Å². The zero-order valence-electron chi connectivity index (χ0n) is 11.6. The predicted molar refractivity (Wildman–Crippen MR) is 75.8 cm³/mol. The Balaban J connectivity index is 1.47. The summed E-state index contributed by atoms with van der Waals surface area (Å²) in [7, 11) is 0. The van der Waals surface area contributed by atoms with Crippen LogP contribution in [-0.4, -0.2) is 27.0 Å². The number of nitrogens with one attached hydrogen (secondary N) is 1. The Bertz CT molecular complexity index is 750. The Labute approximate surface area is 129 Å². The molecule has 22 heavy (non-hydrogen) atoms. The van der Waals surface area contributed by atoms with Crippen molar-refractivity contribution in [3.8, 4) is 11.5 Å². The lowest BCUT2D eigenvalue weighted by molar-refractivity contribution is -0.118. The molecule has 0 fully saturated rings. The van der Waals surface area contributed by atoms with E-state index < -0.39 is 0 Å². The third-order valence-corrected chi connectivity index (χ3v) is 3.44. The standard InChI is InChI=1S/C13H12N4O4S/c1-8-15-16-13(20-8)22-7-12(18)14-6-9-5-11(21-17-9)10-3-2-4-19-10/h2-5H,6-7H2,1H3,(H,14,18). The smallest absolute Gasteiger partial charge is 0.277 e. The minimum Gasteiger partial charge on any atom is -0.461 e. The number of thioether (sulfide) groups is 1.